The number of halogens is 3. The summed E-state index contributed by atoms with van der Waals surface area (Å²) in [6.07, 6.45) is 0. The Kier molecular flexibility index (Phi) is 4.30. The van der Waals surface area contributed by atoms with Crippen LogP contribution in [0.4, 0.5) is 15.8 Å². The largest absolute Gasteiger partial charge is 0.398 e. The molecule has 0 heterocycles. The van der Waals surface area contributed by atoms with Crippen molar-refractivity contribution in [2.45, 2.75) is 6.92 Å². The molecule has 3 nitrogen and oxygen atoms in total. The average Bonchev–Trinajstić information content (AvgIpc) is 2.36. The quantitative estimate of drug-likeness (QED) is 0.783. The Bertz CT molecular complexity index is 668. The Hall–Kier alpha value is -1.59. The molecular formula is C14H11BrClFN2O. The molecule has 0 saturated heterocycles. The van der Waals surface area contributed by atoms with Gasteiger partial charge >= 0.3 is 0 Å². The zero-order chi connectivity index (χ0) is 14.9. The highest BCUT2D eigenvalue weighted by atomic mass is 79.9. The van der Waals surface area contributed by atoms with E-state index in [-0.39, 0.29) is 10.9 Å². The number of hydrogen-bond donors (Lipinski definition) is 2. The molecule has 0 aromatic heterocycles. The maximum atomic E-state index is 13.1. The van der Waals surface area contributed by atoms with Crippen LogP contribution in [0.3, 0.4) is 0 Å². The van der Waals surface area contributed by atoms with Gasteiger partial charge in [0.2, 0.25) is 0 Å². The van der Waals surface area contributed by atoms with E-state index in [0.29, 0.717) is 27.0 Å². The summed E-state index contributed by atoms with van der Waals surface area (Å²) in [6, 6.07) is 7.43. The number of amides is 1. The first-order valence-electron chi connectivity index (χ1n) is 5.71. The Morgan fingerprint density at radius 3 is 2.75 bits per heavy atom. The lowest BCUT2D eigenvalue weighted by Crippen LogP contribution is -2.15. The van der Waals surface area contributed by atoms with Crippen LogP contribution in [0.5, 0.6) is 0 Å². The van der Waals surface area contributed by atoms with Gasteiger partial charge in [0.15, 0.2) is 0 Å². The number of carbonyl (C=O) groups excluding carboxylic acids is 1. The van der Waals surface area contributed by atoms with Crippen molar-refractivity contribution in [3.63, 3.8) is 0 Å². The van der Waals surface area contributed by atoms with Crippen molar-refractivity contribution in [2.24, 2.45) is 0 Å². The smallest absolute Gasteiger partial charge is 0.256 e. The van der Waals surface area contributed by atoms with E-state index < -0.39 is 5.82 Å². The number of hydrogen-bond acceptors (Lipinski definition) is 2. The summed E-state index contributed by atoms with van der Waals surface area (Å²) >= 11 is 9.10. The molecule has 0 bridgehead atoms. The summed E-state index contributed by atoms with van der Waals surface area (Å²) in [7, 11) is 0. The minimum atomic E-state index is -0.486. The molecule has 0 unspecified atom stereocenters. The second-order valence-electron chi connectivity index (χ2n) is 4.22. The van der Waals surface area contributed by atoms with Crippen LogP contribution in [0.2, 0.25) is 5.02 Å². The fraction of sp³-hybridized carbons (Fsp3) is 0.0714. The number of benzene rings is 2. The molecule has 0 fully saturated rings. The molecule has 2 rings (SSSR count). The fourth-order valence-corrected chi connectivity index (χ4v) is 2.64. The lowest BCUT2D eigenvalue weighted by atomic mass is 10.1. The van der Waals surface area contributed by atoms with Crippen molar-refractivity contribution in [3.8, 4) is 0 Å². The maximum Gasteiger partial charge on any atom is 0.256 e. The van der Waals surface area contributed by atoms with Crippen LogP contribution in [-0.2, 0) is 0 Å². The lowest BCUT2D eigenvalue weighted by molar-refractivity contribution is 0.102. The highest BCUT2D eigenvalue weighted by molar-refractivity contribution is 9.10. The van der Waals surface area contributed by atoms with Gasteiger partial charge in [0.05, 0.1) is 10.7 Å². The molecule has 2 aromatic carbocycles. The number of carbonyl (C=O) groups is 1. The van der Waals surface area contributed by atoms with Gasteiger partial charge in [-0.25, -0.2) is 4.39 Å². The van der Waals surface area contributed by atoms with Crippen molar-refractivity contribution in [3.05, 3.63) is 56.8 Å². The number of nitrogens with two attached hydrogens (primary N) is 1. The van der Waals surface area contributed by atoms with E-state index in [1.165, 1.54) is 6.07 Å². The molecule has 0 atom stereocenters. The Labute approximate surface area is 129 Å². The third kappa shape index (κ3) is 2.94. The first kappa shape index (κ1) is 14.8. The second kappa shape index (κ2) is 5.81. The van der Waals surface area contributed by atoms with Crippen LogP contribution in [0.15, 0.2) is 34.8 Å². The van der Waals surface area contributed by atoms with Crippen LogP contribution in [0.25, 0.3) is 0 Å². The van der Waals surface area contributed by atoms with Gasteiger partial charge in [0.1, 0.15) is 5.82 Å². The van der Waals surface area contributed by atoms with Crippen LogP contribution >= 0.6 is 27.5 Å². The van der Waals surface area contributed by atoms with Crippen molar-refractivity contribution in [1.82, 2.24) is 0 Å². The Morgan fingerprint density at radius 2 is 2.10 bits per heavy atom. The average molecular weight is 358 g/mol. The van der Waals surface area contributed by atoms with Gasteiger partial charge in [-0.1, -0.05) is 17.7 Å². The van der Waals surface area contributed by atoms with Crippen molar-refractivity contribution >= 4 is 44.8 Å². The van der Waals surface area contributed by atoms with Crippen molar-refractivity contribution in [2.75, 3.05) is 11.1 Å². The van der Waals surface area contributed by atoms with E-state index in [1.807, 2.05) is 0 Å². The molecule has 6 heteroatoms. The van der Waals surface area contributed by atoms with E-state index >= 15 is 0 Å². The SMILES string of the molecule is Cc1c(N)cccc1C(=O)Nc1c(Cl)cc(F)cc1Br. The first-order valence-corrected chi connectivity index (χ1v) is 6.88. The molecule has 0 aliphatic heterocycles. The van der Waals surface area contributed by atoms with E-state index in [1.54, 1.807) is 25.1 Å². The fourth-order valence-electron chi connectivity index (χ4n) is 1.74. The molecular weight excluding hydrogens is 347 g/mol. The summed E-state index contributed by atoms with van der Waals surface area (Å²) in [4.78, 5) is 12.2. The molecule has 0 saturated carbocycles. The summed E-state index contributed by atoms with van der Waals surface area (Å²) in [5.74, 6) is -0.844. The molecule has 104 valence electrons. The predicted octanol–water partition coefficient (Wildman–Crippen LogP) is 4.38. The Morgan fingerprint density at radius 1 is 1.40 bits per heavy atom. The normalized spacial score (nSPS) is 10.4. The van der Waals surface area contributed by atoms with Gasteiger partial charge in [0.25, 0.3) is 5.91 Å². The molecule has 0 spiro atoms. The van der Waals surface area contributed by atoms with Crippen LogP contribution in [-0.4, -0.2) is 5.91 Å². The summed E-state index contributed by atoms with van der Waals surface area (Å²) < 4.78 is 13.5. The third-order valence-corrected chi connectivity index (χ3v) is 3.79. The van der Waals surface area contributed by atoms with Crippen molar-refractivity contribution < 1.29 is 9.18 Å². The first-order chi connectivity index (χ1) is 9.40. The zero-order valence-electron chi connectivity index (χ0n) is 10.5. The van der Waals surface area contributed by atoms with E-state index in [0.717, 1.165) is 6.07 Å². The molecule has 20 heavy (non-hydrogen) atoms. The second-order valence-corrected chi connectivity index (χ2v) is 5.48. The molecule has 1 amide bonds. The molecule has 2 aromatic rings. The van der Waals surface area contributed by atoms with Crippen LogP contribution < -0.4 is 11.1 Å². The molecule has 0 aliphatic carbocycles. The Balaban J connectivity index is 2.36. The van der Waals surface area contributed by atoms with Gasteiger partial charge in [-0.3, -0.25) is 4.79 Å². The summed E-state index contributed by atoms with van der Waals surface area (Å²) in [6.45, 7) is 1.76. The van der Waals surface area contributed by atoms with E-state index in [9.17, 15) is 9.18 Å². The number of anilines is 2. The monoisotopic (exact) mass is 356 g/mol. The van der Waals surface area contributed by atoms with Gasteiger partial charge in [0, 0.05) is 15.7 Å². The van der Waals surface area contributed by atoms with E-state index in [4.69, 9.17) is 17.3 Å². The van der Waals surface area contributed by atoms with Gasteiger partial charge in [-0.15, -0.1) is 0 Å². The highest BCUT2D eigenvalue weighted by Crippen LogP contribution is 2.32. The topological polar surface area (TPSA) is 55.1 Å². The molecule has 3 N–H and O–H groups in total. The minimum absolute atomic E-state index is 0.117. The lowest BCUT2D eigenvalue weighted by Gasteiger charge is -2.12. The predicted molar refractivity (Wildman–Crippen MR) is 82.7 cm³/mol. The van der Waals surface area contributed by atoms with Crippen LogP contribution in [0, 0.1) is 12.7 Å². The summed E-state index contributed by atoms with van der Waals surface area (Å²) in [5, 5.41) is 2.77. The number of nitrogens with one attached hydrogen (secondary N) is 1. The van der Waals surface area contributed by atoms with Crippen molar-refractivity contribution in [1.29, 1.82) is 0 Å². The third-order valence-electron chi connectivity index (χ3n) is 2.87. The molecule has 0 radical (unpaired) electrons. The van der Waals surface area contributed by atoms with Gasteiger partial charge in [-0.05, 0) is 52.7 Å². The highest BCUT2D eigenvalue weighted by Gasteiger charge is 2.15. The van der Waals surface area contributed by atoms with Gasteiger partial charge < -0.3 is 11.1 Å². The van der Waals surface area contributed by atoms with E-state index in [2.05, 4.69) is 21.2 Å². The van der Waals surface area contributed by atoms with Crippen LogP contribution in [0.1, 0.15) is 15.9 Å². The zero-order valence-corrected chi connectivity index (χ0v) is 12.8. The minimum Gasteiger partial charge on any atom is -0.398 e. The number of nitrogen functional groups attached to an aromatic ring is 1. The van der Waals surface area contributed by atoms with Gasteiger partial charge in [-0.2, -0.15) is 0 Å². The standard InChI is InChI=1S/C14H11BrClFN2O/c1-7-9(3-2-4-12(7)18)14(20)19-13-10(15)5-8(17)6-11(13)16/h2-6H,18H2,1H3,(H,19,20). The maximum absolute atomic E-state index is 13.1. The summed E-state index contributed by atoms with van der Waals surface area (Å²) in [5.41, 5.74) is 7.74. The molecule has 0 aliphatic rings. The number of rotatable bonds is 2.